The number of hydrogen-bond donors (Lipinski definition) is 1. The van der Waals surface area contributed by atoms with E-state index in [0.29, 0.717) is 18.0 Å². The van der Waals surface area contributed by atoms with E-state index < -0.39 is 0 Å². The van der Waals surface area contributed by atoms with Gasteiger partial charge in [0.25, 0.3) is 5.91 Å². The van der Waals surface area contributed by atoms with Crippen LogP contribution in [0.3, 0.4) is 0 Å². The minimum Gasteiger partial charge on any atom is -0.451 e. The first-order valence-electron chi connectivity index (χ1n) is 9.92. The van der Waals surface area contributed by atoms with Crippen LogP contribution in [0.15, 0.2) is 52.9 Å². The highest BCUT2D eigenvalue weighted by Crippen LogP contribution is 2.31. The number of fused-ring (bicyclic) bond motifs is 1. The van der Waals surface area contributed by atoms with Gasteiger partial charge in [0.05, 0.1) is 18.0 Å². The first-order chi connectivity index (χ1) is 13.8. The van der Waals surface area contributed by atoms with Crippen LogP contribution in [-0.4, -0.2) is 26.1 Å². The van der Waals surface area contributed by atoms with Crippen molar-refractivity contribution in [1.82, 2.24) is 0 Å². The highest BCUT2D eigenvalue weighted by atomic mass is 16.5. The summed E-state index contributed by atoms with van der Waals surface area (Å²) in [6.45, 7) is 2.37. The van der Waals surface area contributed by atoms with Crippen LogP contribution in [0, 0.1) is 0 Å². The molecule has 0 atom stereocenters. The van der Waals surface area contributed by atoms with E-state index in [4.69, 9.17) is 9.15 Å². The monoisotopic (exact) mass is 378 g/mol. The van der Waals surface area contributed by atoms with Gasteiger partial charge in [-0.25, -0.2) is 0 Å². The maximum Gasteiger partial charge on any atom is 0.291 e. The third-order valence-electron chi connectivity index (χ3n) is 5.29. The predicted molar refractivity (Wildman–Crippen MR) is 112 cm³/mol. The molecule has 0 spiro atoms. The lowest BCUT2D eigenvalue weighted by Gasteiger charge is -2.25. The van der Waals surface area contributed by atoms with E-state index in [1.54, 1.807) is 7.11 Å². The Morgan fingerprint density at radius 1 is 1.04 bits per heavy atom. The lowest BCUT2D eigenvalue weighted by atomic mass is 10.1. The van der Waals surface area contributed by atoms with Crippen molar-refractivity contribution in [1.29, 1.82) is 0 Å². The first kappa shape index (κ1) is 18.6. The number of amides is 1. The summed E-state index contributed by atoms with van der Waals surface area (Å²) in [5.74, 6) is 0.0687. The van der Waals surface area contributed by atoms with Crippen molar-refractivity contribution in [2.45, 2.75) is 32.3 Å². The second-order valence-electron chi connectivity index (χ2n) is 7.21. The Balaban J connectivity index is 1.64. The van der Waals surface area contributed by atoms with Gasteiger partial charge in [-0.2, -0.15) is 0 Å². The summed E-state index contributed by atoms with van der Waals surface area (Å²) in [4.78, 5) is 15.5. The number of hydrogen-bond acceptors (Lipinski definition) is 4. The van der Waals surface area contributed by atoms with E-state index in [0.717, 1.165) is 35.4 Å². The highest BCUT2D eigenvalue weighted by Gasteiger charge is 2.22. The van der Waals surface area contributed by atoms with Gasteiger partial charge in [-0.1, -0.05) is 43.2 Å². The zero-order valence-corrected chi connectivity index (χ0v) is 16.2. The molecule has 1 aromatic heterocycles. The first-order valence-corrected chi connectivity index (χ1v) is 9.92. The van der Waals surface area contributed by atoms with E-state index >= 15 is 0 Å². The lowest BCUT2D eigenvalue weighted by molar-refractivity contribution is 0.0992. The van der Waals surface area contributed by atoms with Crippen LogP contribution < -0.4 is 10.2 Å². The summed E-state index contributed by atoms with van der Waals surface area (Å²) in [5.41, 5.74) is 3.36. The summed E-state index contributed by atoms with van der Waals surface area (Å²) in [7, 11) is 1.62. The highest BCUT2D eigenvalue weighted by molar-refractivity contribution is 6.07. The topological polar surface area (TPSA) is 54.7 Å². The molecule has 0 unspecified atom stereocenters. The Kier molecular flexibility index (Phi) is 5.63. The standard InChI is InChI=1S/C23H26N2O3/c1-27-16-18-17-10-4-7-13-21(17)28-22(18)23(26)24-19-11-5-6-12-20(19)25-14-8-2-3-9-15-25/h4-7,10-13H,2-3,8-9,14-16H2,1H3,(H,24,26). The molecule has 0 radical (unpaired) electrons. The van der Waals surface area contributed by atoms with Crippen molar-refractivity contribution in [2.24, 2.45) is 0 Å². The van der Waals surface area contributed by atoms with Gasteiger partial charge >= 0.3 is 0 Å². The van der Waals surface area contributed by atoms with Gasteiger partial charge in [0.2, 0.25) is 0 Å². The molecule has 1 aliphatic heterocycles. The second-order valence-corrected chi connectivity index (χ2v) is 7.21. The maximum atomic E-state index is 13.1. The van der Waals surface area contributed by atoms with Gasteiger partial charge in [0.1, 0.15) is 5.58 Å². The molecular weight excluding hydrogens is 352 g/mol. The molecule has 0 aliphatic carbocycles. The van der Waals surface area contributed by atoms with Crippen molar-refractivity contribution in [3.63, 3.8) is 0 Å². The van der Waals surface area contributed by atoms with Crippen LogP contribution in [0.5, 0.6) is 0 Å². The molecule has 0 bridgehead atoms. The average Bonchev–Trinajstić information content (AvgIpc) is 2.89. The molecule has 1 fully saturated rings. The third-order valence-corrected chi connectivity index (χ3v) is 5.29. The number of anilines is 2. The van der Waals surface area contributed by atoms with Crippen LogP contribution in [0.4, 0.5) is 11.4 Å². The number of nitrogens with one attached hydrogen (secondary N) is 1. The van der Waals surface area contributed by atoms with Crippen LogP contribution in [0.25, 0.3) is 11.0 Å². The number of carbonyl (C=O) groups excluding carboxylic acids is 1. The molecule has 5 heteroatoms. The van der Waals surface area contributed by atoms with Gasteiger partial charge in [-0.05, 0) is 31.0 Å². The summed E-state index contributed by atoms with van der Waals surface area (Å²) in [6.07, 6.45) is 4.91. The summed E-state index contributed by atoms with van der Waals surface area (Å²) < 4.78 is 11.2. The molecule has 146 valence electrons. The Labute approximate surface area is 165 Å². The normalized spacial score (nSPS) is 14.8. The molecule has 1 saturated heterocycles. The molecule has 4 rings (SSSR count). The number of methoxy groups -OCH3 is 1. The van der Waals surface area contributed by atoms with Gasteiger partial charge in [0.15, 0.2) is 5.76 Å². The van der Waals surface area contributed by atoms with Gasteiger partial charge < -0.3 is 19.4 Å². The molecular formula is C23H26N2O3. The van der Waals surface area contributed by atoms with E-state index in [1.165, 1.54) is 25.7 Å². The number of para-hydroxylation sites is 3. The van der Waals surface area contributed by atoms with Crippen LogP contribution in [0.2, 0.25) is 0 Å². The number of ether oxygens (including phenoxy) is 1. The zero-order valence-electron chi connectivity index (χ0n) is 16.2. The molecule has 28 heavy (non-hydrogen) atoms. The summed E-state index contributed by atoms with van der Waals surface area (Å²) in [6, 6.07) is 15.7. The van der Waals surface area contributed by atoms with Crippen molar-refractivity contribution in [3.8, 4) is 0 Å². The zero-order chi connectivity index (χ0) is 19.3. The SMILES string of the molecule is COCc1c(C(=O)Nc2ccccc2N2CCCCCC2)oc2ccccc12. The lowest BCUT2D eigenvalue weighted by Crippen LogP contribution is -2.25. The molecule has 2 aromatic carbocycles. The number of nitrogens with zero attached hydrogens (tertiary/aromatic N) is 1. The van der Waals surface area contributed by atoms with E-state index in [-0.39, 0.29) is 5.91 Å². The largest absolute Gasteiger partial charge is 0.451 e. The Hall–Kier alpha value is -2.79. The Bertz CT molecular complexity index is 955. The summed E-state index contributed by atoms with van der Waals surface area (Å²) in [5, 5.41) is 3.99. The maximum absolute atomic E-state index is 13.1. The van der Waals surface area contributed by atoms with Gasteiger partial charge in [0, 0.05) is 31.1 Å². The quantitative estimate of drug-likeness (QED) is 0.662. The molecule has 1 aliphatic rings. The number of carbonyl (C=O) groups is 1. The van der Waals surface area contributed by atoms with Crippen LogP contribution in [0.1, 0.15) is 41.8 Å². The third kappa shape index (κ3) is 3.76. The molecule has 5 nitrogen and oxygen atoms in total. The van der Waals surface area contributed by atoms with Crippen molar-refractivity contribution >= 4 is 28.3 Å². The Morgan fingerprint density at radius 2 is 1.75 bits per heavy atom. The molecule has 3 aromatic rings. The smallest absolute Gasteiger partial charge is 0.291 e. The minimum absolute atomic E-state index is 0.245. The number of benzene rings is 2. The molecule has 1 amide bonds. The fraction of sp³-hybridized carbons (Fsp3) is 0.348. The number of furan rings is 1. The van der Waals surface area contributed by atoms with Gasteiger partial charge in [-0.3, -0.25) is 4.79 Å². The average molecular weight is 378 g/mol. The van der Waals surface area contributed by atoms with E-state index in [2.05, 4.69) is 16.3 Å². The summed E-state index contributed by atoms with van der Waals surface area (Å²) >= 11 is 0. The molecule has 0 saturated carbocycles. The van der Waals surface area contributed by atoms with Crippen LogP contribution >= 0.6 is 0 Å². The second kappa shape index (κ2) is 8.48. The van der Waals surface area contributed by atoms with Gasteiger partial charge in [-0.15, -0.1) is 0 Å². The fourth-order valence-electron chi connectivity index (χ4n) is 3.92. The molecule has 1 N–H and O–H groups in total. The van der Waals surface area contributed by atoms with E-state index in [1.807, 2.05) is 42.5 Å². The molecule has 2 heterocycles. The minimum atomic E-state index is -0.245. The predicted octanol–water partition coefficient (Wildman–Crippen LogP) is 5.21. The van der Waals surface area contributed by atoms with Crippen molar-refractivity contribution in [3.05, 3.63) is 59.9 Å². The Morgan fingerprint density at radius 3 is 2.54 bits per heavy atom. The van der Waals surface area contributed by atoms with Crippen LogP contribution in [-0.2, 0) is 11.3 Å². The van der Waals surface area contributed by atoms with E-state index in [9.17, 15) is 4.79 Å². The van der Waals surface area contributed by atoms with Crippen molar-refractivity contribution in [2.75, 3.05) is 30.4 Å². The van der Waals surface area contributed by atoms with Crippen molar-refractivity contribution < 1.29 is 13.9 Å². The number of rotatable bonds is 5. The fourth-order valence-corrected chi connectivity index (χ4v) is 3.92.